The predicted molar refractivity (Wildman–Crippen MR) is 83.9 cm³/mol. The first-order valence-electron chi connectivity index (χ1n) is 7.87. The van der Waals surface area contributed by atoms with Crippen molar-refractivity contribution in [3.8, 4) is 0 Å². The molecule has 3 rings (SSSR count). The number of carbonyl (C=O) groups excluding carboxylic acids is 1. The van der Waals surface area contributed by atoms with Crippen molar-refractivity contribution in [1.82, 2.24) is 24.6 Å². The zero-order chi connectivity index (χ0) is 16.2. The Kier molecular flexibility index (Phi) is 4.66. The highest BCUT2D eigenvalue weighted by atomic mass is 16.5. The molecule has 0 bridgehead atoms. The summed E-state index contributed by atoms with van der Waals surface area (Å²) in [6.07, 6.45) is 5.77. The van der Waals surface area contributed by atoms with E-state index in [9.17, 15) is 4.79 Å². The van der Waals surface area contributed by atoms with Gasteiger partial charge in [-0.1, -0.05) is 0 Å². The fourth-order valence-corrected chi connectivity index (χ4v) is 2.78. The second kappa shape index (κ2) is 6.87. The van der Waals surface area contributed by atoms with Crippen LogP contribution in [0.3, 0.4) is 0 Å². The summed E-state index contributed by atoms with van der Waals surface area (Å²) in [5.41, 5.74) is 2.21. The second-order valence-electron chi connectivity index (χ2n) is 5.64. The molecule has 0 radical (unpaired) electrons. The number of hydrogen-bond acceptors (Lipinski definition) is 5. The average molecular weight is 315 g/mol. The van der Waals surface area contributed by atoms with Gasteiger partial charge in [0, 0.05) is 32.2 Å². The number of fused-ring (bicyclic) bond motifs is 1. The number of amides is 1. The van der Waals surface area contributed by atoms with Crippen molar-refractivity contribution in [1.29, 1.82) is 0 Å². The topological polar surface area (TPSA) is 73.1 Å². The van der Waals surface area contributed by atoms with Crippen LogP contribution in [0.5, 0.6) is 0 Å². The third kappa shape index (κ3) is 3.39. The summed E-state index contributed by atoms with van der Waals surface area (Å²) < 4.78 is 7.46. The van der Waals surface area contributed by atoms with Crippen molar-refractivity contribution in [2.45, 2.75) is 32.9 Å². The van der Waals surface area contributed by atoms with Gasteiger partial charge in [-0.25, -0.2) is 4.98 Å². The molecule has 3 heterocycles. The number of ether oxygens (including phenoxy) is 1. The molecule has 0 fully saturated rings. The van der Waals surface area contributed by atoms with Crippen LogP contribution in [-0.2, 0) is 11.3 Å². The van der Waals surface area contributed by atoms with E-state index in [1.807, 2.05) is 29.5 Å². The van der Waals surface area contributed by atoms with Gasteiger partial charge in [0.25, 0.3) is 5.91 Å². The Bertz CT molecular complexity index is 667. The Balaban J connectivity index is 1.76. The van der Waals surface area contributed by atoms with Crippen LogP contribution < -0.4 is 0 Å². The summed E-state index contributed by atoms with van der Waals surface area (Å²) >= 11 is 0. The number of nitrogens with zero attached hydrogens (tertiary/aromatic N) is 5. The Hall–Kier alpha value is -2.28. The van der Waals surface area contributed by atoms with Gasteiger partial charge in [0.2, 0.25) is 0 Å². The van der Waals surface area contributed by atoms with Gasteiger partial charge in [-0.15, -0.1) is 0 Å². The molecule has 1 aliphatic rings. The Morgan fingerprint density at radius 1 is 1.39 bits per heavy atom. The first kappa shape index (κ1) is 15.6. The third-order valence-corrected chi connectivity index (χ3v) is 3.97. The number of rotatable bonds is 5. The molecule has 1 aliphatic heterocycles. The van der Waals surface area contributed by atoms with Crippen molar-refractivity contribution >= 4 is 5.91 Å². The van der Waals surface area contributed by atoms with Gasteiger partial charge in [0.15, 0.2) is 0 Å². The summed E-state index contributed by atoms with van der Waals surface area (Å²) in [5.74, 6) is -0.0913. The minimum absolute atomic E-state index is 0.0913. The molecule has 2 aromatic heterocycles. The van der Waals surface area contributed by atoms with Gasteiger partial charge in [0.05, 0.1) is 30.2 Å². The predicted octanol–water partition coefficient (Wildman–Crippen LogP) is 1.61. The van der Waals surface area contributed by atoms with Crippen molar-refractivity contribution < 1.29 is 9.53 Å². The molecule has 0 saturated carbocycles. The van der Waals surface area contributed by atoms with Gasteiger partial charge < -0.3 is 9.64 Å². The van der Waals surface area contributed by atoms with Gasteiger partial charge in [0.1, 0.15) is 5.69 Å². The van der Waals surface area contributed by atoms with E-state index >= 15 is 0 Å². The van der Waals surface area contributed by atoms with Crippen LogP contribution in [0.25, 0.3) is 0 Å². The van der Waals surface area contributed by atoms with E-state index in [-0.39, 0.29) is 11.9 Å². The SMILES string of the molecule is CCOCC[C@H]1CN(C(=O)c2cnc(C)cn2)Cc2ccnn21. The molecule has 0 N–H and O–H groups in total. The lowest BCUT2D eigenvalue weighted by molar-refractivity contribution is 0.0619. The second-order valence-corrected chi connectivity index (χ2v) is 5.64. The minimum Gasteiger partial charge on any atom is -0.382 e. The van der Waals surface area contributed by atoms with Crippen LogP contribution in [-0.4, -0.2) is 50.3 Å². The van der Waals surface area contributed by atoms with Crippen molar-refractivity contribution in [2.24, 2.45) is 0 Å². The molecule has 0 spiro atoms. The van der Waals surface area contributed by atoms with E-state index in [0.717, 1.165) is 17.8 Å². The van der Waals surface area contributed by atoms with Crippen molar-refractivity contribution in [3.63, 3.8) is 0 Å². The molecule has 0 unspecified atom stereocenters. The summed E-state index contributed by atoms with van der Waals surface area (Å²) in [4.78, 5) is 22.9. The molecule has 7 nitrogen and oxygen atoms in total. The van der Waals surface area contributed by atoms with E-state index in [0.29, 0.717) is 32.0 Å². The van der Waals surface area contributed by atoms with Crippen molar-refractivity contribution in [3.05, 3.63) is 41.7 Å². The van der Waals surface area contributed by atoms with Gasteiger partial charge in [-0.3, -0.25) is 14.5 Å². The highest BCUT2D eigenvalue weighted by Crippen LogP contribution is 2.24. The number of aryl methyl sites for hydroxylation is 1. The third-order valence-electron chi connectivity index (χ3n) is 3.97. The van der Waals surface area contributed by atoms with Crippen LogP contribution in [0.1, 0.15) is 41.3 Å². The minimum atomic E-state index is -0.0913. The monoisotopic (exact) mass is 315 g/mol. The molecule has 2 aromatic rings. The quantitative estimate of drug-likeness (QED) is 0.784. The van der Waals surface area contributed by atoms with Gasteiger partial charge in [-0.2, -0.15) is 5.10 Å². The van der Waals surface area contributed by atoms with E-state index in [2.05, 4.69) is 15.1 Å². The lowest BCUT2D eigenvalue weighted by Crippen LogP contribution is -2.42. The van der Waals surface area contributed by atoms with Crippen LogP contribution >= 0.6 is 0 Å². The van der Waals surface area contributed by atoms with E-state index < -0.39 is 0 Å². The molecular weight excluding hydrogens is 294 g/mol. The fourth-order valence-electron chi connectivity index (χ4n) is 2.78. The summed E-state index contributed by atoms with van der Waals surface area (Å²) in [7, 11) is 0. The zero-order valence-corrected chi connectivity index (χ0v) is 13.5. The summed E-state index contributed by atoms with van der Waals surface area (Å²) in [6.45, 7) is 6.33. The highest BCUT2D eigenvalue weighted by Gasteiger charge is 2.29. The van der Waals surface area contributed by atoms with Crippen LogP contribution in [0.2, 0.25) is 0 Å². The van der Waals surface area contributed by atoms with Gasteiger partial charge >= 0.3 is 0 Å². The number of aromatic nitrogens is 4. The smallest absolute Gasteiger partial charge is 0.274 e. The molecule has 1 atom stereocenters. The first-order chi connectivity index (χ1) is 11.2. The summed E-state index contributed by atoms with van der Waals surface area (Å²) in [6, 6.07) is 2.08. The zero-order valence-electron chi connectivity index (χ0n) is 13.5. The average Bonchev–Trinajstić information content (AvgIpc) is 3.03. The van der Waals surface area contributed by atoms with E-state index in [1.54, 1.807) is 18.6 Å². The highest BCUT2D eigenvalue weighted by molar-refractivity contribution is 5.92. The molecule has 7 heteroatoms. The maximum atomic E-state index is 12.7. The van der Waals surface area contributed by atoms with Gasteiger partial charge in [-0.05, 0) is 26.3 Å². The molecule has 1 amide bonds. The van der Waals surface area contributed by atoms with E-state index in [1.165, 1.54) is 0 Å². The Morgan fingerprint density at radius 3 is 3.00 bits per heavy atom. The Labute approximate surface area is 135 Å². The fraction of sp³-hybridized carbons (Fsp3) is 0.500. The normalized spacial score (nSPS) is 17.1. The van der Waals surface area contributed by atoms with Crippen LogP contribution in [0.4, 0.5) is 0 Å². The molecule has 0 saturated heterocycles. The summed E-state index contributed by atoms with van der Waals surface area (Å²) in [5, 5.41) is 4.39. The number of carbonyl (C=O) groups is 1. The van der Waals surface area contributed by atoms with Crippen molar-refractivity contribution in [2.75, 3.05) is 19.8 Å². The molecular formula is C16H21N5O2. The van der Waals surface area contributed by atoms with Crippen LogP contribution in [0.15, 0.2) is 24.7 Å². The molecule has 0 aliphatic carbocycles. The first-order valence-corrected chi connectivity index (χ1v) is 7.87. The van der Waals surface area contributed by atoms with E-state index in [4.69, 9.17) is 4.74 Å². The molecule has 122 valence electrons. The standard InChI is InChI=1S/C16H21N5O2/c1-3-23-7-5-14-11-20(10-13-4-6-19-21(13)14)16(22)15-9-17-12(2)8-18-15/h4,6,8-9,14H,3,5,7,10-11H2,1-2H3/t14-/m0/s1. The molecule has 0 aromatic carbocycles. The van der Waals surface area contributed by atoms with Crippen LogP contribution in [0, 0.1) is 6.92 Å². The lowest BCUT2D eigenvalue weighted by Gasteiger charge is -2.33. The molecule has 23 heavy (non-hydrogen) atoms. The maximum Gasteiger partial charge on any atom is 0.274 e. The largest absolute Gasteiger partial charge is 0.382 e. The Morgan fingerprint density at radius 2 is 2.26 bits per heavy atom. The maximum absolute atomic E-state index is 12.7. The lowest BCUT2D eigenvalue weighted by atomic mass is 10.1. The number of hydrogen-bond donors (Lipinski definition) is 0.